The van der Waals surface area contributed by atoms with Crippen LogP contribution in [0.2, 0.25) is 0 Å². The lowest BCUT2D eigenvalue weighted by Gasteiger charge is -2.59. The van der Waals surface area contributed by atoms with Crippen molar-refractivity contribution in [3.05, 3.63) is 23.3 Å². The first-order valence-electron chi connectivity index (χ1n) is 11.9. The first kappa shape index (κ1) is 19.0. The van der Waals surface area contributed by atoms with Crippen molar-refractivity contribution < 1.29 is 18.9 Å². The molecule has 5 fully saturated rings. The SMILES string of the molecule is CC1OCCOC12CCC1C3=CC=C4CC5OCCOC5CC4(C)C3CCC12C. The Morgan fingerprint density at radius 2 is 1.62 bits per heavy atom. The van der Waals surface area contributed by atoms with Gasteiger partial charge in [0.05, 0.1) is 50.3 Å². The van der Waals surface area contributed by atoms with Crippen molar-refractivity contribution in [2.75, 3.05) is 26.4 Å². The van der Waals surface area contributed by atoms with E-state index in [2.05, 4.69) is 32.9 Å². The number of ether oxygens (including phenoxy) is 4. The van der Waals surface area contributed by atoms with Crippen LogP contribution >= 0.6 is 0 Å². The molecule has 8 unspecified atom stereocenters. The minimum Gasteiger partial charge on any atom is -0.373 e. The summed E-state index contributed by atoms with van der Waals surface area (Å²) in [5.41, 5.74) is 3.58. The molecule has 160 valence electrons. The third kappa shape index (κ3) is 2.41. The van der Waals surface area contributed by atoms with Crippen molar-refractivity contribution in [3.8, 4) is 0 Å². The van der Waals surface area contributed by atoms with Crippen LogP contribution in [0.15, 0.2) is 23.3 Å². The number of allylic oxidation sites excluding steroid dienone is 3. The average molecular weight is 401 g/mol. The summed E-state index contributed by atoms with van der Waals surface area (Å²) < 4.78 is 25.0. The molecule has 2 aliphatic heterocycles. The summed E-state index contributed by atoms with van der Waals surface area (Å²) in [7, 11) is 0. The van der Waals surface area contributed by atoms with E-state index in [4.69, 9.17) is 18.9 Å². The molecule has 0 N–H and O–H groups in total. The normalized spacial score (nSPS) is 54.0. The van der Waals surface area contributed by atoms with Crippen LogP contribution in [-0.4, -0.2) is 50.3 Å². The van der Waals surface area contributed by atoms with Crippen LogP contribution in [-0.2, 0) is 18.9 Å². The van der Waals surface area contributed by atoms with E-state index in [0.29, 0.717) is 11.8 Å². The van der Waals surface area contributed by atoms with Crippen molar-refractivity contribution >= 4 is 0 Å². The van der Waals surface area contributed by atoms with Crippen molar-refractivity contribution in [1.29, 1.82) is 0 Å². The van der Waals surface area contributed by atoms with Gasteiger partial charge in [-0.05, 0) is 62.7 Å². The maximum absolute atomic E-state index is 6.59. The third-order valence-corrected chi connectivity index (χ3v) is 9.95. The zero-order chi connectivity index (χ0) is 19.9. The monoisotopic (exact) mass is 400 g/mol. The maximum Gasteiger partial charge on any atom is 0.1000 e. The van der Waals surface area contributed by atoms with Gasteiger partial charge in [0, 0.05) is 5.41 Å². The molecule has 6 rings (SSSR count). The largest absolute Gasteiger partial charge is 0.373 e. The van der Waals surface area contributed by atoms with E-state index < -0.39 is 0 Å². The van der Waals surface area contributed by atoms with E-state index in [1.165, 1.54) is 19.3 Å². The first-order chi connectivity index (χ1) is 14.0. The van der Waals surface area contributed by atoms with Gasteiger partial charge in [-0.25, -0.2) is 0 Å². The predicted molar refractivity (Wildman–Crippen MR) is 111 cm³/mol. The lowest BCUT2D eigenvalue weighted by Crippen LogP contribution is -2.60. The second-order valence-corrected chi connectivity index (χ2v) is 10.9. The molecule has 2 heterocycles. The maximum atomic E-state index is 6.59. The van der Waals surface area contributed by atoms with E-state index in [1.807, 2.05) is 0 Å². The fraction of sp³-hybridized carbons (Fsp3) is 0.840. The molecule has 3 saturated carbocycles. The molecule has 0 aromatic rings. The van der Waals surface area contributed by atoms with Gasteiger partial charge >= 0.3 is 0 Å². The topological polar surface area (TPSA) is 36.9 Å². The molecule has 0 bridgehead atoms. The summed E-state index contributed by atoms with van der Waals surface area (Å²) >= 11 is 0. The zero-order valence-corrected chi connectivity index (χ0v) is 18.2. The molecule has 2 saturated heterocycles. The summed E-state index contributed by atoms with van der Waals surface area (Å²) in [6.07, 6.45) is 12.7. The van der Waals surface area contributed by atoms with Gasteiger partial charge in [-0.1, -0.05) is 37.1 Å². The fourth-order valence-corrected chi connectivity index (χ4v) is 8.37. The number of rotatable bonds is 0. The van der Waals surface area contributed by atoms with Gasteiger partial charge in [-0.15, -0.1) is 0 Å². The van der Waals surface area contributed by atoms with Crippen molar-refractivity contribution in [2.45, 2.75) is 83.2 Å². The van der Waals surface area contributed by atoms with Gasteiger partial charge in [-0.3, -0.25) is 0 Å². The van der Waals surface area contributed by atoms with Gasteiger partial charge < -0.3 is 18.9 Å². The standard InChI is InChI=1S/C25H36O4/c1-16-25(29-13-12-26-16)9-7-20-18-5-4-17-14-21-22(28-11-10-27-21)15-23(17,2)19(18)6-8-24(20,25)3/h4-5,16,19-22H,6-15H2,1-3H3. The highest BCUT2D eigenvalue weighted by Gasteiger charge is 2.66. The van der Waals surface area contributed by atoms with Crippen LogP contribution in [0.1, 0.15) is 59.3 Å². The zero-order valence-electron chi connectivity index (χ0n) is 18.2. The van der Waals surface area contributed by atoms with Gasteiger partial charge in [0.15, 0.2) is 0 Å². The number of hydrogen-bond donors (Lipinski definition) is 0. The molecule has 4 aliphatic carbocycles. The Hall–Kier alpha value is -0.680. The Balaban J connectivity index is 1.36. The van der Waals surface area contributed by atoms with Crippen LogP contribution in [0.5, 0.6) is 0 Å². The van der Waals surface area contributed by atoms with E-state index in [0.717, 1.165) is 45.7 Å². The van der Waals surface area contributed by atoms with Crippen LogP contribution in [0.3, 0.4) is 0 Å². The molecule has 8 atom stereocenters. The third-order valence-electron chi connectivity index (χ3n) is 9.95. The van der Waals surface area contributed by atoms with Crippen LogP contribution in [0.4, 0.5) is 0 Å². The second kappa shape index (κ2) is 6.41. The van der Waals surface area contributed by atoms with Gasteiger partial charge in [0.25, 0.3) is 0 Å². The molecular weight excluding hydrogens is 364 g/mol. The minimum atomic E-state index is -0.107. The van der Waals surface area contributed by atoms with E-state index in [1.54, 1.807) is 11.1 Å². The second-order valence-electron chi connectivity index (χ2n) is 10.9. The molecule has 0 aromatic carbocycles. The minimum absolute atomic E-state index is 0.107. The quantitative estimate of drug-likeness (QED) is 0.602. The van der Waals surface area contributed by atoms with Crippen molar-refractivity contribution in [3.63, 3.8) is 0 Å². The molecule has 1 spiro atoms. The lowest BCUT2D eigenvalue weighted by molar-refractivity contribution is -0.244. The van der Waals surface area contributed by atoms with Crippen molar-refractivity contribution in [2.24, 2.45) is 22.7 Å². The molecule has 0 amide bonds. The summed E-state index contributed by atoms with van der Waals surface area (Å²) in [4.78, 5) is 0. The lowest BCUT2D eigenvalue weighted by atomic mass is 9.49. The molecule has 0 radical (unpaired) electrons. The molecule has 6 aliphatic rings. The van der Waals surface area contributed by atoms with Crippen molar-refractivity contribution in [1.82, 2.24) is 0 Å². The van der Waals surface area contributed by atoms with E-state index in [9.17, 15) is 0 Å². The van der Waals surface area contributed by atoms with Gasteiger partial charge in [0.1, 0.15) is 0 Å². The van der Waals surface area contributed by atoms with E-state index in [-0.39, 0.29) is 34.7 Å². The summed E-state index contributed by atoms with van der Waals surface area (Å²) in [5, 5.41) is 0. The smallest absolute Gasteiger partial charge is 0.1000 e. The highest BCUT2D eigenvalue weighted by Crippen LogP contribution is 2.68. The number of fused-ring (bicyclic) bond motifs is 7. The Morgan fingerprint density at radius 3 is 2.45 bits per heavy atom. The molecule has 0 aromatic heterocycles. The fourth-order valence-electron chi connectivity index (χ4n) is 8.37. The first-order valence-corrected chi connectivity index (χ1v) is 11.9. The molecular formula is C25H36O4. The summed E-state index contributed by atoms with van der Waals surface area (Å²) in [6.45, 7) is 10.3. The summed E-state index contributed by atoms with van der Waals surface area (Å²) in [6, 6.07) is 0. The van der Waals surface area contributed by atoms with Crippen LogP contribution in [0, 0.1) is 22.7 Å². The Bertz CT molecular complexity index is 758. The Labute approximate surface area is 175 Å². The van der Waals surface area contributed by atoms with Gasteiger partial charge in [-0.2, -0.15) is 0 Å². The summed E-state index contributed by atoms with van der Waals surface area (Å²) in [5.74, 6) is 1.25. The Kier molecular flexibility index (Phi) is 4.21. The highest BCUT2D eigenvalue weighted by molar-refractivity contribution is 5.40. The average Bonchev–Trinajstić information content (AvgIpc) is 3.01. The Morgan fingerprint density at radius 1 is 0.862 bits per heavy atom. The molecule has 4 heteroatoms. The predicted octanol–water partition coefficient (Wildman–Crippen LogP) is 4.44. The van der Waals surface area contributed by atoms with E-state index >= 15 is 0 Å². The number of hydrogen-bond acceptors (Lipinski definition) is 4. The van der Waals surface area contributed by atoms with Crippen LogP contribution in [0.25, 0.3) is 0 Å². The highest BCUT2D eigenvalue weighted by atomic mass is 16.6. The molecule has 29 heavy (non-hydrogen) atoms. The molecule has 4 nitrogen and oxygen atoms in total. The van der Waals surface area contributed by atoms with Crippen LogP contribution < -0.4 is 0 Å². The van der Waals surface area contributed by atoms with Gasteiger partial charge in [0.2, 0.25) is 0 Å².